The quantitative estimate of drug-likeness (QED) is 0.0405. The number of aliphatic hydroxyl groups is 4. The second kappa shape index (κ2) is 28.3. The maximum Gasteiger partial charge on any atom is 0.305 e. The van der Waals surface area contributed by atoms with E-state index in [4.69, 9.17) is 9.47 Å². The van der Waals surface area contributed by atoms with Gasteiger partial charge in [-0.25, -0.2) is 0 Å². The predicted octanol–water partition coefficient (Wildman–Crippen LogP) is 6.04. The van der Waals surface area contributed by atoms with Gasteiger partial charge in [0.2, 0.25) is 0 Å². The van der Waals surface area contributed by atoms with E-state index in [9.17, 15) is 30.0 Å². The first-order chi connectivity index (χ1) is 20.6. The van der Waals surface area contributed by atoms with Crippen LogP contribution in [0, 0.1) is 5.92 Å². The molecule has 0 rings (SSSR count). The highest BCUT2D eigenvalue weighted by Crippen LogP contribution is 2.12. The molecule has 0 saturated heterocycles. The Labute approximate surface area is 259 Å². The SMILES string of the molecule is CC/C=C\C[C@@H](O)/C=C/C=C/C=C\C=C/[C@H](O)[C@@H](O)CCCC(=O)OC[C@@H](O)COC(=O)CCCCCCCCC(C)C. The molecule has 0 amide bonds. The summed E-state index contributed by atoms with van der Waals surface area (Å²) in [5, 5.41) is 39.8. The zero-order valence-corrected chi connectivity index (χ0v) is 26.7. The lowest BCUT2D eigenvalue weighted by molar-refractivity contribution is -0.152. The van der Waals surface area contributed by atoms with Gasteiger partial charge in [-0.1, -0.05) is 120 Å². The Kier molecular flexibility index (Phi) is 26.6. The lowest BCUT2D eigenvalue weighted by Crippen LogP contribution is -2.26. The van der Waals surface area contributed by atoms with E-state index >= 15 is 0 Å². The van der Waals surface area contributed by atoms with Crippen LogP contribution >= 0.6 is 0 Å². The number of ether oxygens (including phenoxy) is 2. The Bertz CT molecular complexity index is 843. The number of esters is 2. The molecular formula is C35H58O8. The van der Waals surface area contributed by atoms with Crippen LogP contribution in [-0.4, -0.2) is 70.0 Å². The van der Waals surface area contributed by atoms with E-state index in [2.05, 4.69) is 13.8 Å². The average Bonchev–Trinajstić information content (AvgIpc) is 2.97. The molecule has 8 heteroatoms. The van der Waals surface area contributed by atoms with Crippen LogP contribution in [0.5, 0.6) is 0 Å². The lowest BCUT2D eigenvalue weighted by Gasteiger charge is -2.14. The fraction of sp³-hybridized carbons (Fsp3) is 0.657. The second-order valence-corrected chi connectivity index (χ2v) is 11.2. The highest BCUT2D eigenvalue weighted by Gasteiger charge is 2.15. The molecule has 0 unspecified atom stereocenters. The molecule has 0 radical (unpaired) electrons. The molecule has 0 aromatic rings. The molecule has 0 aliphatic carbocycles. The molecule has 4 N–H and O–H groups in total. The standard InChI is InChI=1S/C35H58O8/c1-4-5-14-21-30(36)22-16-11-7-8-12-17-23-32(38)33(39)24-19-26-35(41)43-28-31(37)27-42-34(40)25-18-13-9-6-10-15-20-29(2)3/h5,7-8,11-12,14,16-17,22-23,29-33,36-39H,4,6,9-10,13,15,18-21,24-28H2,1-3H3/b11-7+,12-8-,14-5-,22-16+,23-17-/t30-,31+,32+,33+/m1/s1. The molecule has 246 valence electrons. The average molecular weight is 607 g/mol. The first-order valence-corrected chi connectivity index (χ1v) is 16.0. The van der Waals surface area contributed by atoms with Crippen molar-refractivity contribution in [2.24, 2.45) is 5.92 Å². The zero-order chi connectivity index (χ0) is 32.1. The first kappa shape index (κ1) is 40.5. The number of carbonyl (C=O) groups is 2. The van der Waals surface area contributed by atoms with E-state index in [1.165, 1.54) is 31.8 Å². The first-order valence-electron chi connectivity index (χ1n) is 16.0. The van der Waals surface area contributed by atoms with Crippen molar-refractivity contribution < 1.29 is 39.5 Å². The monoisotopic (exact) mass is 606 g/mol. The third-order valence-electron chi connectivity index (χ3n) is 6.54. The summed E-state index contributed by atoms with van der Waals surface area (Å²) in [7, 11) is 0. The van der Waals surface area contributed by atoms with Crippen molar-refractivity contribution in [1.29, 1.82) is 0 Å². The summed E-state index contributed by atoms with van der Waals surface area (Å²) in [6, 6.07) is 0. The van der Waals surface area contributed by atoms with Crippen LogP contribution in [0.2, 0.25) is 0 Å². The topological polar surface area (TPSA) is 134 Å². The third-order valence-corrected chi connectivity index (χ3v) is 6.54. The number of carbonyl (C=O) groups excluding carboxylic acids is 2. The Balaban J connectivity index is 3.93. The van der Waals surface area contributed by atoms with Gasteiger partial charge in [0.05, 0.1) is 18.3 Å². The van der Waals surface area contributed by atoms with Crippen molar-refractivity contribution in [3.8, 4) is 0 Å². The molecule has 8 nitrogen and oxygen atoms in total. The second-order valence-electron chi connectivity index (χ2n) is 11.2. The van der Waals surface area contributed by atoms with Gasteiger partial charge in [-0.2, -0.15) is 0 Å². The van der Waals surface area contributed by atoms with E-state index in [0.717, 1.165) is 31.6 Å². The highest BCUT2D eigenvalue weighted by atomic mass is 16.6. The summed E-state index contributed by atoms with van der Waals surface area (Å²) in [6.07, 6.45) is 24.0. The molecule has 0 bridgehead atoms. The van der Waals surface area contributed by atoms with Crippen LogP contribution in [-0.2, 0) is 19.1 Å². The van der Waals surface area contributed by atoms with Gasteiger partial charge in [-0.05, 0) is 38.0 Å². The van der Waals surface area contributed by atoms with E-state index in [-0.39, 0.29) is 32.0 Å². The van der Waals surface area contributed by atoms with Crippen LogP contribution in [0.25, 0.3) is 0 Å². The molecule has 0 aromatic heterocycles. The number of unbranched alkanes of at least 4 members (excludes halogenated alkanes) is 5. The predicted molar refractivity (Wildman–Crippen MR) is 172 cm³/mol. The maximum atomic E-state index is 11.9. The molecule has 0 fully saturated rings. The fourth-order valence-corrected chi connectivity index (χ4v) is 3.96. The van der Waals surface area contributed by atoms with E-state index < -0.39 is 30.4 Å². The number of rotatable bonds is 26. The summed E-state index contributed by atoms with van der Waals surface area (Å²) in [6.45, 7) is 6.01. The summed E-state index contributed by atoms with van der Waals surface area (Å²) in [4.78, 5) is 23.8. The maximum absolute atomic E-state index is 11.9. The van der Waals surface area contributed by atoms with Crippen molar-refractivity contribution >= 4 is 11.9 Å². The molecule has 0 aliphatic rings. The number of hydrogen-bond donors (Lipinski definition) is 4. The Morgan fingerprint density at radius 3 is 1.79 bits per heavy atom. The molecule has 0 aliphatic heterocycles. The highest BCUT2D eigenvalue weighted by molar-refractivity contribution is 5.69. The van der Waals surface area contributed by atoms with Gasteiger partial charge in [0.25, 0.3) is 0 Å². The van der Waals surface area contributed by atoms with Crippen molar-refractivity contribution in [1.82, 2.24) is 0 Å². The Morgan fingerprint density at radius 1 is 0.651 bits per heavy atom. The summed E-state index contributed by atoms with van der Waals surface area (Å²) in [5.74, 6) is -0.152. The van der Waals surface area contributed by atoms with Crippen LogP contribution < -0.4 is 0 Å². The summed E-state index contributed by atoms with van der Waals surface area (Å²) < 4.78 is 10.1. The molecule has 4 atom stereocenters. The van der Waals surface area contributed by atoms with Gasteiger partial charge in [-0.3, -0.25) is 9.59 Å². The van der Waals surface area contributed by atoms with E-state index in [1.54, 1.807) is 42.5 Å². The van der Waals surface area contributed by atoms with Gasteiger partial charge in [0.1, 0.15) is 19.3 Å². The Morgan fingerprint density at radius 2 is 1.19 bits per heavy atom. The summed E-state index contributed by atoms with van der Waals surface area (Å²) in [5.41, 5.74) is 0. The van der Waals surface area contributed by atoms with Gasteiger partial charge in [0, 0.05) is 12.8 Å². The van der Waals surface area contributed by atoms with E-state index in [1.807, 2.05) is 19.1 Å². The van der Waals surface area contributed by atoms with Gasteiger partial charge < -0.3 is 29.9 Å². The normalized spacial score (nSPS) is 15.3. The number of aliphatic hydroxyl groups excluding tert-OH is 4. The van der Waals surface area contributed by atoms with Crippen molar-refractivity contribution in [2.75, 3.05) is 13.2 Å². The smallest absolute Gasteiger partial charge is 0.305 e. The van der Waals surface area contributed by atoms with Crippen LogP contribution in [0.3, 0.4) is 0 Å². The fourth-order valence-electron chi connectivity index (χ4n) is 3.96. The largest absolute Gasteiger partial charge is 0.463 e. The minimum Gasteiger partial charge on any atom is -0.463 e. The molecule has 0 aromatic carbocycles. The van der Waals surface area contributed by atoms with Gasteiger partial charge in [-0.15, -0.1) is 0 Å². The van der Waals surface area contributed by atoms with Crippen molar-refractivity contribution in [3.05, 3.63) is 60.8 Å². The minimum atomic E-state index is -1.09. The molecule has 43 heavy (non-hydrogen) atoms. The number of hydrogen-bond acceptors (Lipinski definition) is 8. The molecule has 0 spiro atoms. The van der Waals surface area contributed by atoms with Gasteiger partial charge >= 0.3 is 11.9 Å². The zero-order valence-electron chi connectivity index (χ0n) is 26.7. The van der Waals surface area contributed by atoms with Crippen molar-refractivity contribution in [2.45, 2.75) is 129 Å². The van der Waals surface area contributed by atoms with Crippen LogP contribution in [0.1, 0.15) is 104 Å². The van der Waals surface area contributed by atoms with Gasteiger partial charge in [0.15, 0.2) is 0 Å². The third kappa shape index (κ3) is 28.0. The van der Waals surface area contributed by atoms with E-state index in [0.29, 0.717) is 19.3 Å². The minimum absolute atomic E-state index is 0.0271. The van der Waals surface area contributed by atoms with Crippen LogP contribution in [0.15, 0.2) is 60.8 Å². The molecule has 0 heterocycles. The van der Waals surface area contributed by atoms with Crippen molar-refractivity contribution in [3.63, 3.8) is 0 Å². The van der Waals surface area contributed by atoms with Crippen LogP contribution in [0.4, 0.5) is 0 Å². The molecular weight excluding hydrogens is 548 g/mol. The lowest BCUT2D eigenvalue weighted by atomic mass is 10.0. The number of allylic oxidation sites excluding steroid dienone is 7. The summed E-state index contributed by atoms with van der Waals surface area (Å²) >= 11 is 0. The molecule has 0 saturated carbocycles. The Hall–Kier alpha value is -2.52.